The van der Waals surface area contributed by atoms with Gasteiger partial charge < -0.3 is 14.7 Å². The first kappa shape index (κ1) is 23.3. The van der Waals surface area contributed by atoms with E-state index in [0.29, 0.717) is 42.6 Å². The highest BCUT2D eigenvalue weighted by Crippen LogP contribution is 2.76. The van der Waals surface area contributed by atoms with Gasteiger partial charge in [-0.05, 0) is 98.0 Å². The molecule has 4 saturated carbocycles. The van der Waals surface area contributed by atoms with E-state index in [4.69, 9.17) is 4.74 Å². The van der Waals surface area contributed by atoms with Crippen LogP contribution >= 0.6 is 0 Å². The van der Waals surface area contributed by atoms with E-state index in [0.717, 1.165) is 18.4 Å². The smallest absolute Gasteiger partial charge is 0.326 e. The van der Waals surface area contributed by atoms with E-state index in [-0.39, 0.29) is 22.3 Å². The zero-order valence-corrected chi connectivity index (χ0v) is 21.3. The molecule has 1 aromatic rings. The van der Waals surface area contributed by atoms with Crippen molar-refractivity contribution < 1.29 is 23.8 Å². The molecule has 5 atom stereocenters. The predicted molar refractivity (Wildman–Crippen MR) is 130 cm³/mol. The molecule has 1 aliphatic heterocycles. The Labute approximate surface area is 207 Å². The fraction of sp³-hybridized carbons (Fsp3) is 0.724. The molecule has 1 saturated heterocycles. The van der Waals surface area contributed by atoms with E-state index in [1.54, 1.807) is 6.07 Å². The van der Waals surface area contributed by atoms with Crippen molar-refractivity contribution in [3.8, 4) is 5.75 Å². The number of aliphatic carboxylic acids is 1. The van der Waals surface area contributed by atoms with Gasteiger partial charge in [0.25, 0.3) is 5.91 Å². The van der Waals surface area contributed by atoms with Crippen molar-refractivity contribution in [3.05, 3.63) is 29.1 Å². The zero-order chi connectivity index (χ0) is 24.8. The average molecular weight is 484 g/mol. The summed E-state index contributed by atoms with van der Waals surface area (Å²) in [6.07, 6.45) is 10.5. The predicted octanol–water partition coefficient (Wildman–Crippen LogP) is 6.16. The number of rotatable bonds is 6. The molecule has 1 aromatic carbocycles. The summed E-state index contributed by atoms with van der Waals surface area (Å²) in [4.78, 5) is 26.1. The summed E-state index contributed by atoms with van der Waals surface area (Å²) in [5.74, 6) is -1.28. The van der Waals surface area contributed by atoms with E-state index < -0.39 is 23.7 Å². The monoisotopic (exact) mass is 483 g/mol. The largest absolute Gasteiger partial charge is 0.493 e. The van der Waals surface area contributed by atoms with Gasteiger partial charge in [-0.2, -0.15) is 0 Å². The van der Waals surface area contributed by atoms with Crippen LogP contribution in [-0.4, -0.2) is 41.1 Å². The van der Waals surface area contributed by atoms with Crippen LogP contribution in [0.25, 0.3) is 0 Å². The molecule has 4 unspecified atom stereocenters. The van der Waals surface area contributed by atoms with Gasteiger partial charge in [-0.25, -0.2) is 9.18 Å². The number of hydrogen-bond donors (Lipinski definition) is 1. The number of hydrogen-bond acceptors (Lipinski definition) is 3. The summed E-state index contributed by atoms with van der Waals surface area (Å²) in [5.41, 5.74) is 1.99. The van der Waals surface area contributed by atoms with Crippen LogP contribution in [0.5, 0.6) is 5.75 Å². The number of halogens is 1. The first-order valence-electron chi connectivity index (χ1n) is 13.5. The number of likely N-dealkylation sites (tertiary alicyclic amines) is 1. The molecule has 5 aliphatic rings. The van der Waals surface area contributed by atoms with Crippen molar-refractivity contribution in [2.24, 2.45) is 21.7 Å². The summed E-state index contributed by atoms with van der Waals surface area (Å²) in [6.45, 7) is 8.31. The van der Waals surface area contributed by atoms with Gasteiger partial charge in [-0.3, -0.25) is 4.79 Å². The third-order valence-corrected chi connectivity index (χ3v) is 10.4. The fourth-order valence-corrected chi connectivity index (χ4v) is 9.13. The maximum absolute atomic E-state index is 15.4. The van der Waals surface area contributed by atoms with Crippen molar-refractivity contribution in [3.63, 3.8) is 0 Å². The van der Waals surface area contributed by atoms with Crippen molar-refractivity contribution in [2.45, 2.75) is 96.9 Å². The Balaban J connectivity index is 1.29. The molecule has 35 heavy (non-hydrogen) atoms. The number of ether oxygens (including phenoxy) is 1. The van der Waals surface area contributed by atoms with Crippen LogP contribution in [0.4, 0.5) is 4.39 Å². The minimum atomic E-state index is -1.02. The molecule has 0 aromatic heterocycles. The van der Waals surface area contributed by atoms with Crippen molar-refractivity contribution in [1.29, 1.82) is 0 Å². The molecule has 1 heterocycles. The first-order chi connectivity index (χ1) is 16.5. The van der Waals surface area contributed by atoms with Crippen LogP contribution in [0.15, 0.2) is 12.1 Å². The SMILES string of the molecule is CC12CCC3(C)CC(C)(C1)CC3(COc1cc(F)c(C(=O)N3CCC[C@H]3C(=O)O)cc1C1CC1)C2. The molecular formula is C29H38FNO4. The van der Waals surface area contributed by atoms with Crippen molar-refractivity contribution >= 4 is 11.9 Å². The molecule has 1 N–H and O–H groups in total. The van der Waals surface area contributed by atoms with Gasteiger partial charge in [0.05, 0.1) is 12.2 Å². The van der Waals surface area contributed by atoms with E-state index >= 15 is 4.39 Å². The van der Waals surface area contributed by atoms with Crippen LogP contribution in [-0.2, 0) is 4.79 Å². The van der Waals surface area contributed by atoms with Gasteiger partial charge in [0.15, 0.2) is 0 Å². The molecule has 6 heteroatoms. The maximum atomic E-state index is 15.4. The highest BCUT2D eigenvalue weighted by atomic mass is 19.1. The normalized spacial score (nSPS) is 39.8. The number of carbonyl (C=O) groups is 2. The lowest BCUT2D eigenvalue weighted by Crippen LogP contribution is -2.50. The Morgan fingerprint density at radius 2 is 1.80 bits per heavy atom. The second-order valence-electron chi connectivity index (χ2n) is 13.6. The van der Waals surface area contributed by atoms with Crippen LogP contribution in [0.2, 0.25) is 0 Å². The lowest BCUT2D eigenvalue weighted by Gasteiger charge is -2.56. The van der Waals surface area contributed by atoms with E-state index in [2.05, 4.69) is 20.8 Å². The Hall–Kier alpha value is -2.11. The topological polar surface area (TPSA) is 66.8 Å². The molecule has 5 fully saturated rings. The van der Waals surface area contributed by atoms with Gasteiger partial charge in [0.1, 0.15) is 17.6 Å². The lowest BCUT2D eigenvalue weighted by molar-refractivity contribution is -0.141. The summed E-state index contributed by atoms with van der Waals surface area (Å²) in [6, 6.07) is 2.19. The van der Waals surface area contributed by atoms with Crippen LogP contribution in [0.1, 0.15) is 107 Å². The summed E-state index contributed by atoms with van der Waals surface area (Å²) in [7, 11) is 0. The molecule has 4 aliphatic carbocycles. The van der Waals surface area contributed by atoms with Crippen molar-refractivity contribution in [1.82, 2.24) is 4.90 Å². The van der Waals surface area contributed by atoms with Gasteiger partial charge >= 0.3 is 5.97 Å². The maximum Gasteiger partial charge on any atom is 0.326 e. The number of benzene rings is 1. The third-order valence-electron chi connectivity index (χ3n) is 10.4. The quantitative estimate of drug-likeness (QED) is 0.526. The van der Waals surface area contributed by atoms with Crippen molar-refractivity contribution in [2.75, 3.05) is 13.2 Å². The minimum Gasteiger partial charge on any atom is -0.493 e. The van der Waals surface area contributed by atoms with E-state index in [1.165, 1.54) is 49.5 Å². The highest BCUT2D eigenvalue weighted by Gasteiger charge is 2.68. The standard InChI is InChI=1S/C29H38FNO4/c1-26-8-9-28(3)14-27(2,13-26)16-29(28,15-26)17-35-23-12-21(30)20(11-19(23)18-6-7-18)24(32)31-10-4-5-22(31)25(33)34/h11-12,18,22H,4-10,13-17H2,1-3H3,(H,33,34)/t22-,26?,27?,28?,29?/m0/s1. The molecule has 0 radical (unpaired) electrons. The molecule has 3 bridgehead atoms. The van der Waals surface area contributed by atoms with Gasteiger partial charge in [-0.15, -0.1) is 0 Å². The van der Waals surface area contributed by atoms with E-state index in [1.807, 2.05) is 0 Å². The minimum absolute atomic E-state index is 0.0183. The third kappa shape index (κ3) is 3.61. The number of fused-ring (bicyclic) bond motifs is 2. The Morgan fingerprint density at radius 1 is 1.06 bits per heavy atom. The Morgan fingerprint density at radius 3 is 2.51 bits per heavy atom. The van der Waals surface area contributed by atoms with Crippen LogP contribution in [0, 0.1) is 27.5 Å². The van der Waals surface area contributed by atoms with E-state index in [9.17, 15) is 14.7 Å². The average Bonchev–Trinajstić information content (AvgIpc) is 3.46. The summed E-state index contributed by atoms with van der Waals surface area (Å²) in [5, 5.41) is 9.48. The molecule has 1 amide bonds. The number of carboxylic acids is 1. The summed E-state index contributed by atoms with van der Waals surface area (Å²) >= 11 is 0. The molecule has 190 valence electrons. The van der Waals surface area contributed by atoms with Gasteiger partial charge in [0.2, 0.25) is 0 Å². The number of carboxylic acid groups (broad SMARTS) is 1. The van der Waals surface area contributed by atoms with Crippen LogP contribution in [0.3, 0.4) is 0 Å². The molecule has 5 nitrogen and oxygen atoms in total. The number of carbonyl (C=O) groups excluding carboxylic acids is 1. The Kier molecular flexibility index (Phi) is 4.96. The second-order valence-corrected chi connectivity index (χ2v) is 13.6. The fourth-order valence-electron chi connectivity index (χ4n) is 9.13. The second kappa shape index (κ2) is 7.45. The number of nitrogens with zero attached hydrogens (tertiary/aromatic N) is 1. The molecular weight excluding hydrogens is 445 g/mol. The van der Waals surface area contributed by atoms with Gasteiger partial charge in [-0.1, -0.05) is 20.8 Å². The van der Waals surface area contributed by atoms with Crippen LogP contribution < -0.4 is 4.74 Å². The first-order valence-corrected chi connectivity index (χ1v) is 13.5. The van der Waals surface area contributed by atoms with Gasteiger partial charge in [0, 0.05) is 18.0 Å². The molecule has 0 spiro atoms. The zero-order valence-electron chi connectivity index (χ0n) is 21.3. The Bertz CT molecular complexity index is 1100. The lowest BCUT2D eigenvalue weighted by atomic mass is 9.49. The summed E-state index contributed by atoms with van der Waals surface area (Å²) < 4.78 is 21.9. The molecule has 6 rings (SSSR count). The highest BCUT2D eigenvalue weighted by molar-refractivity contribution is 5.97. The number of amides is 1.